The summed E-state index contributed by atoms with van der Waals surface area (Å²) in [5.41, 5.74) is 1.54. The van der Waals surface area contributed by atoms with Crippen LogP contribution in [0.3, 0.4) is 0 Å². The number of hydrogen-bond donors (Lipinski definition) is 1. The summed E-state index contributed by atoms with van der Waals surface area (Å²) in [6, 6.07) is 3.36. The third kappa shape index (κ3) is 2.08. The Bertz CT molecular complexity index is 596. The van der Waals surface area contributed by atoms with Crippen LogP contribution in [0.15, 0.2) is 18.5 Å². The summed E-state index contributed by atoms with van der Waals surface area (Å²) >= 11 is 0. The molecule has 0 spiro atoms. The van der Waals surface area contributed by atoms with Gasteiger partial charge in [-0.3, -0.25) is 9.67 Å². The van der Waals surface area contributed by atoms with E-state index in [1.165, 1.54) is 12.3 Å². The Morgan fingerprint density at radius 2 is 2.24 bits per heavy atom. The first-order valence-electron chi connectivity index (χ1n) is 4.93. The van der Waals surface area contributed by atoms with E-state index in [1.807, 2.05) is 0 Å². The van der Waals surface area contributed by atoms with Crippen LogP contribution in [-0.4, -0.2) is 14.8 Å². The highest BCUT2D eigenvalue weighted by molar-refractivity contribution is 5.63. The van der Waals surface area contributed by atoms with Gasteiger partial charge in [0, 0.05) is 13.1 Å². The van der Waals surface area contributed by atoms with Crippen LogP contribution in [0, 0.1) is 24.1 Å². The largest absolute Gasteiger partial charge is 0.338 e. The van der Waals surface area contributed by atoms with E-state index >= 15 is 0 Å². The number of nitriles is 1. The third-order valence-electron chi connectivity index (χ3n) is 2.30. The minimum atomic E-state index is -0.438. The van der Waals surface area contributed by atoms with Gasteiger partial charge >= 0.3 is 0 Å². The van der Waals surface area contributed by atoms with Crippen molar-refractivity contribution < 1.29 is 4.39 Å². The van der Waals surface area contributed by atoms with Gasteiger partial charge in [0.05, 0.1) is 23.8 Å². The van der Waals surface area contributed by atoms with Crippen molar-refractivity contribution in [2.24, 2.45) is 7.05 Å². The van der Waals surface area contributed by atoms with Gasteiger partial charge in [0.25, 0.3) is 0 Å². The Kier molecular flexibility index (Phi) is 2.75. The highest BCUT2D eigenvalue weighted by Crippen LogP contribution is 2.22. The van der Waals surface area contributed by atoms with E-state index < -0.39 is 5.82 Å². The van der Waals surface area contributed by atoms with Gasteiger partial charge in [-0.1, -0.05) is 0 Å². The number of nitrogens with one attached hydrogen (secondary N) is 1. The number of nitrogens with zero attached hydrogens (tertiary/aromatic N) is 4. The lowest BCUT2D eigenvalue weighted by atomic mass is 10.2. The van der Waals surface area contributed by atoms with Gasteiger partial charge in [-0.05, 0) is 6.92 Å². The molecule has 0 amide bonds. The summed E-state index contributed by atoms with van der Waals surface area (Å²) in [6.07, 6.45) is 2.59. The lowest BCUT2D eigenvalue weighted by Gasteiger charge is -2.06. The predicted octanol–water partition coefficient (Wildman–Crippen LogP) is 1.88. The van der Waals surface area contributed by atoms with E-state index in [4.69, 9.17) is 5.26 Å². The van der Waals surface area contributed by atoms with Crippen molar-refractivity contribution >= 4 is 11.5 Å². The summed E-state index contributed by atoms with van der Waals surface area (Å²) in [5.74, 6) is 0.0878. The Morgan fingerprint density at radius 3 is 2.88 bits per heavy atom. The molecule has 17 heavy (non-hydrogen) atoms. The molecular weight excluding hydrogens is 221 g/mol. The van der Waals surface area contributed by atoms with Crippen molar-refractivity contribution in [2.45, 2.75) is 6.92 Å². The molecule has 2 rings (SSSR count). The highest BCUT2D eigenvalue weighted by Gasteiger charge is 2.12. The topological polar surface area (TPSA) is 66.5 Å². The van der Waals surface area contributed by atoms with E-state index in [0.717, 1.165) is 6.20 Å². The fourth-order valence-electron chi connectivity index (χ4n) is 1.55. The van der Waals surface area contributed by atoms with Gasteiger partial charge in [-0.2, -0.15) is 10.4 Å². The Morgan fingerprint density at radius 1 is 1.47 bits per heavy atom. The number of anilines is 2. The molecule has 0 aliphatic rings. The van der Waals surface area contributed by atoms with Crippen molar-refractivity contribution in [3.05, 3.63) is 35.5 Å². The Labute approximate surface area is 97.5 Å². The summed E-state index contributed by atoms with van der Waals surface area (Å²) in [5, 5.41) is 16.1. The average Bonchev–Trinajstić information content (AvgIpc) is 2.53. The zero-order valence-corrected chi connectivity index (χ0v) is 9.40. The molecule has 1 N–H and O–H groups in total. The number of pyridine rings is 1. The van der Waals surface area contributed by atoms with Crippen LogP contribution in [0.4, 0.5) is 15.9 Å². The Hall–Kier alpha value is -2.42. The van der Waals surface area contributed by atoms with Crippen molar-refractivity contribution in [1.82, 2.24) is 14.8 Å². The van der Waals surface area contributed by atoms with Crippen molar-refractivity contribution in [3.8, 4) is 6.07 Å². The molecule has 2 aromatic heterocycles. The molecule has 0 aliphatic carbocycles. The Balaban J connectivity index is 2.40. The van der Waals surface area contributed by atoms with Gasteiger partial charge in [-0.25, -0.2) is 4.39 Å². The zero-order valence-electron chi connectivity index (χ0n) is 9.40. The number of hydrogen-bond acceptors (Lipinski definition) is 4. The van der Waals surface area contributed by atoms with Crippen LogP contribution < -0.4 is 5.32 Å². The zero-order chi connectivity index (χ0) is 12.4. The summed E-state index contributed by atoms with van der Waals surface area (Å²) in [4.78, 5) is 3.72. The van der Waals surface area contributed by atoms with Crippen LogP contribution in [0.1, 0.15) is 11.3 Å². The first-order chi connectivity index (χ1) is 8.11. The van der Waals surface area contributed by atoms with E-state index in [-0.39, 0.29) is 0 Å². The second kappa shape index (κ2) is 4.22. The van der Waals surface area contributed by atoms with Crippen LogP contribution in [0.25, 0.3) is 0 Å². The maximum atomic E-state index is 13.0. The number of aromatic nitrogens is 3. The summed E-state index contributed by atoms with van der Waals surface area (Å²) in [6.45, 7) is 1.74. The third-order valence-corrected chi connectivity index (χ3v) is 2.30. The van der Waals surface area contributed by atoms with Crippen LogP contribution in [0.5, 0.6) is 0 Å². The van der Waals surface area contributed by atoms with Crippen molar-refractivity contribution in [3.63, 3.8) is 0 Å². The van der Waals surface area contributed by atoms with Crippen LogP contribution in [0.2, 0.25) is 0 Å². The SMILES string of the molecule is Cc1nn(C)c(Nc2cncc(F)c2)c1C#N. The average molecular weight is 231 g/mol. The minimum absolute atomic E-state index is 0.438. The van der Waals surface area contributed by atoms with Gasteiger partial charge < -0.3 is 5.32 Å². The standard InChI is InChI=1S/C11H10FN5/c1-7-10(4-13)11(17(2)16-7)15-9-3-8(12)5-14-6-9/h3,5-6,15H,1-2H3. The molecule has 0 unspecified atom stereocenters. The molecule has 86 valence electrons. The maximum absolute atomic E-state index is 13.0. The molecule has 0 saturated heterocycles. The monoisotopic (exact) mass is 231 g/mol. The molecule has 0 fully saturated rings. The summed E-state index contributed by atoms with van der Waals surface area (Å²) < 4.78 is 14.5. The number of aryl methyl sites for hydroxylation is 2. The number of rotatable bonds is 2. The fourth-order valence-corrected chi connectivity index (χ4v) is 1.55. The molecule has 0 aliphatic heterocycles. The molecular formula is C11H10FN5. The lowest BCUT2D eigenvalue weighted by molar-refractivity contribution is 0.622. The van der Waals surface area contributed by atoms with E-state index in [1.54, 1.807) is 18.7 Å². The van der Waals surface area contributed by atoms with E-state index in [9.17, 15) is 4.39 Å². The second-order valence-electron chi connectivity index (χ2n) is 3.56. The molecule has 0 bridgehead atoms. The second-order valence-corrected chi connectivity index (χ2v) is 3.56. The van der Waals surface area contributed by atoms with Gasteiger partial charge in [-0.15, -0.1) is 0 Å². The summed E-state index contributed by atoms with van der Waals surface area (Å²) in [7, 11) is 1.71. The van der Waals surface area contributed by atoms with Crippen LogP contribution >= 0.6 is 0 Å². The number of halogens is 1. The van der Waals surface area contributed by atoms with Crippen molar-refractivity contribution in [1.29, 1.82) is 5.26 Å². The quantitative estimate of drug-likeness (QED) is 0.856. The molecule has 0 saturated carbocycles. The van der Waals surface area contributed by atoms with E-state index in [0.29, 0.717) is 22.8 Å². The molecule has 0 radical (unpaired) electrons. The maximum Gasteiger partial charge on any atom is 0.146 e. The lowest BCUT2D eigenvalue weighted by Crippen LogP contribution is -2.01. The molecule has 0 atom stereocenters. The fraction of sp³-hybridized carbons (Fsp3) is 0.182. The molecule has 5 nitrogen and oxygen atoms in total. The molecule has 2 aromatic rings. The van der Waals surface area contributed by atoms with E-state index in [2.05, 4.69) is 21.5 Å². The first kappa shape index (κ1) is 11.1. The smallest absolute Gasteiger partial charge is 0.146 e. The predicted molar refractivity (Wildman–Crippen MR) is 60.1 cm³/mol. The molecule has 2 heterocycles. The van der Waals surface area contributed by atoms with Gasteiger partial charge in [0.1, 0.15) is 23.3 Å². The molecule has 6 heteroatoms. The van der Waals surface area contributed by atoms with Gasteiger partial charge in [0.15, 0.2) is 0 Å². The molecule has 0 aromatic carbocycles. The van der Waals surface area contributed by atoms with Crippen LogP contribution in [-0.2, 0) is 7.05 Å². The normalized spacial score (nSPS) is 10.0. The van der Waals surface area contributed by atoms with Crippen molar-refractivity contribution in [2.75, 3.05) is 5.32 Å². The van der Waals surface area contributed by atoms with Gasteiger partial charge in [0.2, 0.25) is 0 Å². The highest BCUT2D eigenvalue weighted by atomic mass is 19.1. The first-order valence-corrected chi connectivity index (χ1v) is 4.93. The minimum Gasteiger partial charge on any atom is -0.338 e.